The van der Waals surface area contributed by atoms with Crippen molar-refractivity contribution in [2.75, 3.05) is 14.1 Å². The van der Waals surface area contributed by atoms with Crippen LogP contribution in [0.3, 0.4) is 0 Å². The van der Waals surface area contributed by atoms with Crippen LogP contribution in [0.25, 0.3) is 22.1 Å². The van der Waals surface area contributed by atoms with Gasteiger partial charge in [-0.15, -0.1) is 0 Å². The monoisotopic (exact) mass is 654 g/mol. The summed E-state index contributed by atoms with van der Waals surface area (Å²) < 4.78 is 4.84. The maximum Gasteiger partial charge on any atom is 0.341 e. The number of nitrogens with one attached hydrogen (secondary N) is 2. The van der Waals surface area contributed by atoms with E-state index in [4.69, 9.17) is 54.9 Å². The summed E-state index contributed by atoms with van der Waals surface area (Å²) in [6.45, 7) is 2.46. The molecule has 0 aliphatic carbocycles. The Labute approximate surface area is 259 Å². The molecular formula is C26H25Cl3N6O8. The zero-order valence-electron chi connectivity index (χ0n) is 22.9. The number of aliphatic hydroxyl groups is 2. The van der Waals surface area contributed by atoms with Crippen LogP contribution in [-0.4, -0.2) is 85.3 Å². The number of carboxylic acid groups (broad SMARTS) is 1. The van der Waals surface area contributed by atoms with Crippen LogP contribution < -0.4 is 15.4 Å². The second-order valence-corrected chi connectivity index (χ2v) is 9.38. The molecule has 0 bridgehead atoms. The molecule has 2 unspecified atom stereocenters. The van der Waals surface area contributed by atoms with E-state index < -0.39 is 24.1 Å². The zero-order valence-corrected chi connectivity index (χ0v) is 25.2. The Morgan fingerprint density at radius 3 is 1.49 bits per heavy atom. The highest BCUT2D eigenvalue weighted by molar-refractivity contribution is 6.40. The van der Waals surface area contributed by atoms with Gasteiger partial charge in [-0.2, -0.15) is 0 Å². The van der Waals surface area contributed by atoms with E-state index in [1.807, 2.05) is 0 Å². The number of esters is 1. The molecule has 2 aromatic carbocycles. The molecule has 5 N–H and O–H groups in total. The van der Waals surface area contributed by atoms with Crippen LogP contribution in [0.1, 0.15) is 34.6 Å². The first kappa shape index (κ1) is 35.0. The minimum absolute atomic E-state index is 0.128. The van der Waals surface area contributed by atoms with Gasteiger partial charge in [-0.25, -0.2) is 29.5 Å². The number of aliphatic carboxylic acids is 1. The summed E-state index contributed by atoms with van der Waals surface area (Å²) in [5.41, 5.74) is 2.84. The summed E-state index contributed by atoms with van der Waals surface area (Å²) in [6.07, 6.45) is -2.53. The number of benzene rings is 2. The SMILES string of the molecule is CC(O)C(=O)O.CNC(=O)c1ccc2nc(Cl)c(Cl)nc2c1.CNC(=O)c1ccc2nc(OC(=O)C(C)O)c(Cl)nc2c1. The fourth-order valence-electron chi connectivity index (χ4n) is 2.84. The summed E-state index contributed by atoms with van der Waals surface area (Å²) in [5, 5.41) is 30.0. The number of carboxylic acids is 1. The van der Waals surface area contributed by atoms with Crippen molar-refractivity contribution in [2.24, 2.45) is 0 Å². The Kier molecular flexibility index (Phi) is 12.9. The van der Waals surface area contributed by atoms with Gasteiger partial charge >= 0.3 is 11.9 Å². The second-order valence-electron chi connectivity index (χ2n) is 8.30. The highest BCUT2D eigenvalue weighted by Crippen LogP contribution is 2.24. The predicted molar refractivity (Wildman–Crippen MR) is 158 cm³/mol. The van der Waals surface area contributed by atoms with Crippen LogP contribution in [0, 0.1) is 0 Å². The molecule has 43 heavy (non-hydrogen) atoms. The van der Waals surface area contributed by atoms with Gasteiger partial charge < -0.3 is 30.7 Å². The standard InChI is InChI=1S/C13H12ClN3O4.C10H7Cl2N3O.C3H6O3/c1-6(18)13(20)21-12-10(14)16-9-5-7(11(19)15-2)3-4-8(9)17-12;1-13-10(16)5-2-3-6-7(4-5)15-9(12)8(11)14-6;1-2(4)3(5)6/h3-6,18H,1-2H3,(H,15,19);2-4H,1H3,(H,13,16);2,4H,1H3,(H,5,6). The first-order valence-electron chi connectivity index (χ1n) is 12.0. The molecule has 0 saturated heterocycles. The number of rotatable bonds is 5. The summed E-state index contributed by atoms with van der Waals surface area (Å²) >= 11 is 17.4. The van der Waals surface area contributed by atoms with Crippen molar-refractivity contribution in [3.63, 3.8) is 0 Å². The lowest BCUT2D eigenvalue weighted by Gasteiger charge is -2.08. The fourth-order valence-corrected chi connectivity index (χ4v) is 3.28. The van der Waals surface area contributed by atoms with E-state index in [1.54, 1.807) is 37.4 Å². The number of amides is 2. The smallest absolute Gasteiger partial charge is 0.341 e. The average molecular weight is 656 g/mol. The van der Waals surface area contributed by atoms with E-state index in [1.165, 1.54) is 27.0 Å². The molecule has 228 valence electrons. The molecule has 0 aliphatic heterocycles. The lowest BCUT2D eigenvalue weighted by Crippen LogP contribution is -2.23. The van der Waals surface area contributed by atoms with Crippen LogP contribution >= 0.6 is 34.8 Å². The Balaban J connectivity index is 0.000000259. The second kappa shape index (κ2) is 15.9. The van der Waals surface area contributed by atoms with Crippen LogP contribution in [-0.2, 0) is 9.59 Å². The first-order chi connectivity index (χ1) is 20.2. The third-order valence-electron chi connectivity index (χ3n) is 5.05. The van der Waals surface area contributed by atoms with E-state index in [-0.39, 0.29) is 33.2 Å². The maximum atomic E-state index is 11.5. The third-order valence-corrected chi connectivity index (χ3v) is 5.92. The Hall–Kier alpha value is -4.21. The van der Waals surface area contributed by atoms with E-state index in [2.05, 4.69) is 30.6 Å². The zero-order chi connectivity index (χ0) is 32.4. The van der Waals surface area contributed by atoms with E-state index in [0.717, 1.165) is 0 Å². The summed E-state index contributed by atoms with van der Waals surface area (Å²) in [5.74, 6) is -2.71. The molecule has 0 saturated carbocycles. The van der Waals surface area contributed by atoms with Crippen molar-refractivity contribution in [2.45, 2.75) is 26.1 Å². The Morgan fingerprint density at radius 2 is 1.09 bits per heavy atom. The Morgan fingerprint density at radius 1 is 0.698 bits per heavy atom. The van der Waals surface area contributed by atoms with Crippen molar-refractivity contribution >= 4 is 80.6 Å². The number of aromatic nitrogens is 4. The summed E-state index contributed by atoms with van der Waals surface area (Å²) in [7, 11) is 3.08. The number of carbonyl (C=O) groups excluding carboxylic acids is 3. The van der Waals surface area contributed by atoms with Gasteiger partial charge in [-0.1, -0.05) is 34.8 Å². The van der Waals surface area contributed by atoms with Crippen LogP contribution in [0.15, 0.2) is 36.4 Å². The molecule has 0 aliphatic rings. The van der Waals surface area contributed by atoms with E-state index in [0.29, 0.717) is 33.2 Å². The number of ether oxygens (including phenoxy) is 1. The van der Waals surface area contributed by atoms with Crippen molar-refractivity contribution in [1.29, 1.82) is 0 Å². The topological polar surface area (TPSA) is 214 Å². The van der Waals surface area contributed by atoms with Gasteiger partial charge in [0.1, 0.15) is 12.2 Å². The minimum Gasteiger partial charge on any atom is -0.479 e. The Bertz CT molecular complexity index is 1670. The first-order valence-corrected chi connectivity index (χ1v) is 13.2. The summed E-state index contributed by atoms with van der Waals surface area (Å²) in [6, 6.07) is 9.58. The molecule has 4 aromatic rings. The van der Waals surface area contributed by atoms with Crippen molar-refractivity contribution in [3.05, 3.63) is 63.0 Å². The van der Waals surface area contributed by atoms with Crippen molar-refractivity contribution in [1.82, 2.24) is 30.6 Å². The fraction of sp³-hybridized carbons (Fsp3) is 0.231. The normalized spacial score (nSPS) is 11.7. The lowest BCUT2D eigenvalue weighted by atomic mass is 10.2. The summed E-state index contributed by atoms with van der Waals surface area (Å²) in [4.78, 5) is 59.9. The molecule has 2 heterocycles. The van der Waals surface area contributed by atoms with Gasteiger partial charge in [0, 0.05) is 25.2 Å². The van der Waals surface area contributed by atoms with Crippen LogP contribution in [0.5, 0.6) is 5.88 Å². The van der Waals surface area contributed by atoms with Gasteiger partial charge in [0.25, 0.3) is 17.7 Å². The molecule has 4 rings (SSSR count). The van der Waals surface area contributed by atoms with Crippen LogP contribution in [0.4, 0.5) is 0 Å². The number of hydrogen-bond acceptors (Lipinski definition) is 11. The number of nitrogens with zero attached hydrogens (tertiary/aromatic N) is 4. The lowest BCUT2D eigenvalue weighted by molar-refractivity contribution is -0.145. The highest BCUT2D eigenvalue weighted by Gasteiger charge is 2.17. The molecule has 0 radical (unpaired) electrons. The molecule has 2 aromatic heterocycles. The number of fused-ring (bicyclic) bond motifs is 2. The largest absolute Gasteiger partial charge is 0.479 e. The minimum atomic E-state index is -1.30. The third kappa shape index (κ3) is 9.94. The molecule has 0 spiro atoms. The number of hydrogen-bond donors (Lipinski definition) is 5. The highest BCUT2D eigenvalue weighted by atomic mass is 35.5. The molecular weight excluding hydrogens is 631 g/mol. The van der Waals surface area contributed by atoms with Crippen LogP contribution in [0.2, 0.25) is 15.5 Å². The number of halogens is 3. The molecule has 14 nitrogen and oxygen atoms in total. The maximum absolute atomic E-state index is 11.5. The molecule has 17 heteroatoms. The van der Waals surface area contributed by atoms with Gasteiger partial charge in [0.2, 0.25) is 0 Å². The van der Waals surface area contributed by atoms with Crippen molar-refractivity contribution < 1.29 is 39.2 Å². The van der Waals surface area contributed by atoms with Gasteiger partial charge in [-0.05, 0) is 50.2 Å². The van der Waals surface area contributed by atoms with Crippen molar-refractivity contribution in [3.8, 4) is 5.88 Å². The quantitative estimate of drug-likeness (QED) is 0.196. The van der Waals surface area contributed by atoms with Gasteiger partial charge in [0.05, 0.1) is 22.1 Å². The van der Waals surface area contributed by atoms with Gasteiger partial charge in [-0.3, -0.25) is 9.59 Å². The predicted octanol–water partition coefficient (Wildman–Crippen LogP) is 2.68. The van der Waals surface area contributed by atoms with Gasteiger partial charge in [0.15, 0.2) is 15.5 Å². The number of aliphatic hydroxyl groups excluding tert-OH is 2. The van der Waals surface area contributed by atoms with E-state index in [9.17, 15) is 19.2 Å². The molecule has 0 fully saturated rings. The molecule has 2 atom stereocenters. The number of carbonyl (C=O) groups is 4. The average Bonchev–Trinajstić information content (AvgIpc) is 2.97. The van der Waals surface area contributed by atoms with E-state index >= 15 is 0 Å². The molecule has 2 amide bonds.